The zero-order valence-corrected chi connectivity index (χ0v) is 9.20. The van der Waals surface area contributed by atoms with Crippen LogP contribution in [0.1, 0.15) is 12.0 Å². The van der Waals surface area contributed by atoms with Crippen molar-refractivity contribution in [2.45, 2.75) is 17.7 Å². The van der Waals surface area contributed by atoms with Crippen LogP contribution in [0.5, 0.6) is 0 Å². The van der Waals surface area contributed by atoms with Crippen molar-refractivity contribution in [3.05, 3.63) is 29.8 Å². The summed E-state index contributed by atoms with van der Waals surface area (Å²) in [6, 6.07) is 9.99. The molecule has 0 radical (unpaired) electrons. The number of nitriles is 1. The molecule has 0 saturated heterocycles. The first kappa shape index (κ1) is 11.0. The van der Waals surface area contributed by atoms with E-state index in [1.165, 1.54) is 11.8 Å². The molecule has 0 amide bonds. The second-order valence-electron chi connectivity index (χ2n) is 2.69. The summed E-state index contributed by atoms with van der Waals surface area (Å²) in [4.78, 5) is 1.05. The first-order valence-corrected chi connectivity index (χ1v) is 5.38. The van der Waals surface area contributed by atoms with Gasteiger partial charge in [0, 0.05) is 11.3 Å². The van der Waals surface area contributed by atoms with Gasteiger partial charge in [0.2, 0.25) is 0 Å². The van der Waals surface area contributed by atoms with Crippen LogP contribution in [-0.4, -0.2) is 4.32 Å². The Bertz CT molecular complexity index is 369. The van der Waals surface area contributed by atoms with Crippen LogP contribution in [0.15, 0.2) is 29.2 Å². The number of hydrogen-bond donors (Lipinski definition) is 1. The maximum atomic E-state index is 8.49. The summed E-state index contributed by atoms with van der Waals surface area (Å²) in [5.41, 5.74) is 6.58. The maximum absolute atomic E-state index is 8.49. The molecule has 0 atom stereocenters. The molecule has 0 aliphatic carbocycles. The quantitative estimate of drug-likeness (QED) is 0.630. The molecule has 0 unspecified atom stereocenters. The molecule has 0 aromatic heterocycles. The molecule has 0 aliphatic heterocycles. The van der Waals surface area contributed by atoms with Gasteiger partial charge in [0.25, 0.3) is 0 Å². The van der Waals surface area contributed by atoms with Crippen LogP contribution in [0.2, 0.25) is 0 Å². The molecule has 0 fully saturated rings. The van der Waals surface area contributed by atoms with Crippen molar-refractivity contribution in [1.29, 1.82) is 5.26 Å². The fourth-order valence-electron chi connectivity index (χ4n) is 1.11. The third-order valence-electron chi connectivity index (χ3n) is 1.69. The van der Waals surface area contributed by atoms with Crippen LogP contribution >= 0.6 is 24.0 Å². The lowest BCUT2D eigenvalue weighted by Gasteiger charge is -2.05. The lowest BCUT2D eigenvalue weighted by atomic mass is 10.1. The minimum absolute atomic E-state index is 0.411. The highest BCUT2D eigenvalue weighted by atomic mass is 32.2. The highest BCUT2D eigenvalue weighted by Crippen LogP contribution is 2.23. The minimum Gasteiger partial charge on any atom is -0.384 e. The fraction of sp³-hybridized carbons (Fsp3) is 0.200. The van der Waals surface area contributed by atoms with Crippen molar-refractivity contribution in [3.63, 3.8) is 0 Å². The van der Waals surface area contributed by atoms with Crippen LogP contribution in [0.25, 0.3) is 0 Å². The molecule has 1 aromatic rings. The van der Waals surface area contributed by atoms with Gasteiger partial charge in [-0.15, -0.1) is 0 Å². The summed E-state index contributed by atoms with van der Waals surface area (Å²) in [6.07, 6.45) is 1.27. The second kappa shape index (κ2) is 5.63. The van der Waals surface area contributed by atoms with Crippen molar-refractivity contribution in [2.24, 2.45) is 5.73 Å². The number of aryl methyl sites for hydroxylation is 1. The van der Waals surface area contributed by atoms with E-state index in [1.54, 1.807) is 0 Å². The fourth-order valence-corrected chi connectivity index (χ4v) is 2.04. The molecule has 0 aliphatic rings. The Morgan fingerprint density at radius 3 is 2.86 bits per heavy atom. The van der Waals surface area contributed by atoms with Crippen molar-refractivity contribution in [2.75, 3.05) is 0 Å². The second-order valence-corrected chi connectivity index (χ2v) is 4.47. The van der Waals surface area contributed by atoms with Crippen LogP contribution in [0, 0.1) is 11.3 Å². The molecule has 2 N–H and O–H groups in total. The third kappa shape index (κ3) is 3.36. The zero-order valence-electron chi connectivity index (χ0n) is 7.56. The van der Waals surface area contributed by atoms with Gasteiger partial charge in [-0.2, -0.15) is 5.26 Å². The first-order valence-electron chi connectivity index (χ1n) is 4.16. The molecule has 0 spiro atoms. The Kier molecular flexibility index (Phi) is 4.44. The van der Waals surface area contributed by atoms with Crippen molar-refractivity contribution >= 4 is 28.3 Å². The number of thioether (sulfide) groups is 1. The molecule has 72 valence electrons. The van der Waals surface area contributed by atoms with E-state index >= 15 is 0 Å². The van der Waals surface area contributed by atoms with E-state index in [2.05, 4.69) is 6.07 Å². The Balaban J connectivity index is 2.81. The van der Waals surface area contributed by atoms with Gasteiger partial charge in [0.1, 0.15) is 4.32 Å². The third-order valence-corrected chi connectivity index (χ3v) is 2.76. The monoisotopic (exact) mass is 222 g/mol. The van der Waals surface area contributed by atoms with Gasteiger partial charge in [0.15, 0.2) is 0 Å². The predicted molar refractivity (Wildman–Crippen MR) is 63.0 cm³/mol. The van der Waals surface area contributed by atoms with E-state index in [9.17, 15) is 0 Å². The molecule has 1 rings (SSSR count). The van der Waals surface area contributed by atoms with E-state index in [1.807, 2.05) is 24.3 Å². The van der Waals surface area contributed by atoms with Crippen LogP contribution in [0.4, 0.5) is 0 Å². The van der Waals surface area contributed by atoms with E-state index in [4.69, 9.17) is 23.2 Å². The molecular weight excluding hydrogens is 212 g/mol. The summed E-state index contributed by atoms with van der Waals surface area (Å²) in [6.45, 7) is 0. The van der Waals surface area contributed by atoms with Crippen molar-refractivity contribution < 1.29 is 0 Å². The van der Waals surface area contributed by atoms with Crippen LogP contribution in [0.3, 0.4) is 0 Å². The van der Waals surface area contributed by atoms with Gasteiger partial charge in [-0.05, 0) is 18.1 Å². The lowest BCUT2D eigenvalue weighted by molar-refractivity contribution is 0.980. The average Bonchev–Trinajstić information content (AvgIpc) is 2.16. The summed E-state index contributed by atoms with van der Waals surface area (Å²) in [7, 11) is 0. The van der Waals surface area contributed by atoms with Gasteiger partial charge >= 0.3 is 0 Å². The number of hydrogen-bond acceptors (Lipinski definition) is 3. The normalized spacial score (nSPS) is 9.36. The summed E-state index contributed by atoms with van der Waals surface area (Å²) in [5.74, 6) is 0. The Morgan fingerprint density at radius 1 is 1.50 bits per heavy atom. The predicted octanol–water partition coefficient (Wildman–Crippen LogP) is 2.48. The molecule has 14 heavy (non-hydrogen) atoms. The van der Waals surface area contributed by atoms with Gasteiger partial charge in [-0.1, -0.05) is 42.2 Å². The van der Waals surface area contributed by atoms with E-state index < -0.39 is 0 Å². The first-order chi connectivity index (χ1) is 6.74. The summed E-state index contributed by atoms with van der Waals surface area (Å²) in [5, 5.41) is 8.49. The number of benzene rings is 1. The highest BCUT2D eigenvalue weighted by Gasteiger charge is 2.02. The smallest absolute Gasteiger partial charge is 0.136 e. The van der Waals surface area contributed by atoms with Gasteiger partial charge in [-0.25, -0.2) is 0 Å². The molecule has 0 heterocycles. The van der Waals surface area contributed by atoms with E-state index in [0.717, 1.165) is 16.9 Å². The molecular formula is C10H10N2S2. The molecule has 4 heteroatoms. The van der Waals surface area contributed by atoms with Crippen LogP contribution < -0.4 is 5.73 Å². The largest absolute Gasteiger partial charge is 0.384 e. The number of rotatable bonds is 3. The van der Waals surface area contributed by atoms with Gasteiger partial charge in [-0.3, -0.25) is 0 Å². The highest BCUT2D eigenvalue weighted by molar-refractivity contribution is 8.23. The Hall–Kier alpha value is -1.05. The lowest BCUT2D eigenvalue weighted by Crippen LogP contribution is -2.02. The van der Waals surface area contributed by atoms with Crippen molar-refractivity contribution in [1.82, 2.24) is 0 Å². The topological polar surface area (TPSA) is 49.8 Å². The SMILES string of the molecule is N#CCCc1ccccc1SC(N)=S. The number of nitrogens with zero attached hydrogens (tertiary/aromatic N) is 1. The van der Waals surface area contributed by atoms with E-state index in [0.29, 0.717) is 10.7 Å². The zero-order chi connectivity index (χ0) is 10.4. The maximum Gasteiger partial charge on any atom is 0.136 e. The van der Waals surface area contributed by atoms with E-state index in [-0.39, 0.29) is 0 Å². The Labute approximate surface area is 93.1 Å². The molecule has 0 saturated carbocycles. The standard InChI is InChI=1S/C10H10N2S2/c11-7-3-5-8-4-1-2-6-9(8)14-10(12)13/h1-2,4,6H,3,5H2,(H2,12,13). The van der Waals surface area contributed by atoms with Crippen LogP contribution in [-0.2, 0) is 6.42 Å². The summed E-state index contributed by atoms with van der Waals surface area (Å²) < 4.78 is 0.411. The number of thiocarbonyl (C=S) groups is 1. The molecule has 1 aromatic carbocycles. The average molecular weight is 222 g/mol. The minimum atomic E-state index is 0.411. The van der Waals surface area contributed by atoms with Crippen molar-refractivity contribution in [3.8, 4) is 6.07 Å². The Morgan fingerprint density at radius 2 is 2.21 bits per heavy atom. The van der Waals surface area contributed by atoms with Gasteiger partial charge in [0.05, 0.1) is 6.07 Å². The summed E-state index contributed by atoms with van der Waals surface area (Å²) >= 11 is 6.20. The molecule has 0 bridgehead atoms. The molecule has 2 nitrogen and oxygen atoms in total. The number of nitrogens with two attached hydrogens (primary N) is 1. The van der Waals surface area contributed by atoms with Gasteiger partial charge < -0.3 is 5.73 Å².